The summed E-state index contributed by atoms with van der Waals surface area (Å²) in [5, 5.41) is 7.86. The normalized spacial score (nSPS) is 10.3. The van der Waals surface area contributed by atoms with Gasteiger partial charge in [-0.1, -0.05) is 30.3 Å². The lowest BCUT2D eigenvalue weighted by molar-refractivity contribution is -0.116. The molecule has 144 valence electrons. The van der Waals surface area contributed by atoms with Crippen molar-refractivity contribution < 1.29 is 14.3 Å². The van der Waals surface area contributed by atoms with Crippen LogP contribution >= 0.6 is 11.3 Å². The molecule has 0 aliphatic heterocycles. The molecular weight excluding hydrogens is 374 g/mol. The summed E-state index contributed by atoms with van der Waals surface area (Å²) in [6.45, 7) is 2.52. The summed E-state index contributed by atoms with van der Waals surface area (Å²) in [6.07, 6.45) is 0.423. The zero-order chi connectivity index (χ0) is 19.8. The van der Waals surface area contributed by atoms with Crippen molar-refractivity contribution in [2.75, 3.05) is 17.2 Å². The van der Waals surface area contributed by atoms with Crippen LogP contribution in [0, 0.1) is 0 Å². The highest BCUT2D eigenvalue weighted by atomic mass is 32.1. The summed E-state index contributed by atoms with van der Waals surface area (Å²) in [4.78, 5) is 28.6. The second-order valence-corrected chi connectivity index (χ2v) is 6.89. The maximum absolute atomic E-state index is 12.2. The molecule has 0 bridgehead atoms. The van der Waals surface area contributed by atoms with Crippen molar-refractivity contribution in [2.45, 2.75) is 19.8 Å². The third-order valence-electron chi connectivity index (χ3n) is 3.80. The molecule has 3 aromatic rings. The molecule has 0 aliphatic rings. The van der Waals surface area contributed by atoms with Gasteiger partial charge in [-0.05, 0) is 36.8 Å². The lowest BCUT2D eigenvalue weighted by Crippen LogP contribution is -2.16. The Bertz CT molecular complexity index is 924. The Balaban J connectivity index is 1.49. The molecule has 0 aliphatic carbocycles. The Kier molecular flexibility index (Phi) is 6.75. The number of carbonyl (C=O) groups is 2. The molecule has 6 nitrogen and oxygen atoms in total. The monoisotopic (exact) mass is 395 g/mol. The number of benzene rings is 2. The fourth-order valence-electron chi connectivity index (χ4n) is 2.56. The summed E-state index contributed by atoms with van der Waals surface area (Å²) in [5.74, 6) is 0.457. The Labute approximate surface area is 167 Å². The highest BCUT2D eigenvalue weighted by Crippen LogP contribution is 2.18. The standard InChI is InChI=1S/C21H21N3O3S/c1-2-27-18-10-8-16(9-11-18)22-20(26)13-17-14-28-21(23-17)24-19(25)12-15-6-4-3-5-7-15/h3-11,14H,2,12-13H2,1H3,(H,22,26)(H,23,24,25). The molecule has 0 saturated carbocycles. The van der Waals surface area contributed by atoms with Gasteiger partial charge in [-0.15, -0.1) is 11.3 Å². The van der Waals surface area contributed by atoms with Gasteiger partial charge in [0.1, 0.15) is 5.75 Å². The fourth-order valence-corrected chi connectivity index (χ4v) is 3.29. The molecule has 1 heterocycles. The van der Waals surface area contributed by atoms with Crippen LogP contribution in [0.25, 0.3) is 0 Å². The quantitative estimate of drug-likeness (QED) is 0.606. The van der Waals surface area contributed by atoms with E-state index in [4.69, 9.17) is 4.74 Å². The van der Waals surface area contributed by atoms with Gasteiger partial charge in [0.05, 0.1) is 25.1 Å². The first-order valence-electron chi connectivity index (χ1n) is 8.93. The minimum Gasteiger partial charge on any atom is -0.494 e. The molecule has 0 radical (unpaired) electrons. The topological polar surface area (TPSA) is 80.3 Å². The van der Waals surface area contributed by atoms with Crippen LogP contribution in [0.3, 0.4) is 0 Å². The average molecular weight is 395 g/mol. The molecule has 7 heteroatoms. The van der Waals surface area contributed by atoms with Crippen LogP contribution in [-0.4, -0.2) is 23.4 Å². The first-order chi connectivity index (χ1) is 13.6. The number of anilines is 2. The van der Waals surface area contributed by atoms with E-state index in [2.05, 4.69) is 15.6 Å². The van der Waals surface area contributed by atoms with Crippen molar-refractivity contribution in [3.63, 3.8) is 0 Å². The lowest BCUT2D eigenvalue weighted by atomic mass is 10.1. The molecule has 3 rings (SSSR count). The Morgan fingerprint density at radius 1 is 0.964 bits per heavy atom. The number of nitrogens with one attached hydrogen (secondary N) is 2. The summed E-state index contributed by atoms with van der Waals surface area (Å²) in [6, 6.07) is 16.7. The molecule has 0 saturated heterocycles. The minimum absolute atomic E-state index is 0.133. The van der Waals surface area contributed by atoms with Gasteiger partial charge >= 0.3 is 0 Å². The van der Waals surface area contributed by atoms with Crippen molar-refractivity contribution in [3.8, 4) is 5.75 Å². The molecule has 0 fully saturated rings. The number of nitrogens with zero attached hydrogens (tertiary/aromatic N) is 1. The number of ether oxygens (including phenoxy) is 1. The molecule has 0 unspecified atom stereocenters. The number of aromatic nitrogens is 1. The van der Waals surface area contributed by atoms with Gasteiger partial charge in [-0.25, -0.2) is 4.98 Å². The van der Waals surface area contributed by atoms with Crippen LogP contribution in [0.2, 0.25) is 0 Å². The maximum Gasteiger partial charge on any atom is 0.230 e. The van der Waals surface area contributed by atoms with E-state index in [0.29, 0.717) is 23.1 Å². The third kappa shape index (κ3) is 5.92. The van der Waals surface area contributed by atoms with Crippen molar-refractivity contribution in [3.05, 3.63) is 71.2 Å². The number of hydrogen-bond donors (Lipinski definition) is 2. The van der Waals surface area contributed by atoms with E-state index in [-0.39, 0.29) is 24.7 Å². The first-order valence-corrected chi connectivity index (χ1v) is 9.81. The van der Waals surface area contributed by atoms with Crippen molar-refractivity contribution in [2.24, 2.45) is 0 Å². The minimum atomic E-state index is -0.170. The molecule has 2 amide bonds. The van der Waals surface area contributed by atoms with Gasteiger partial charge in [-0.2, -0.15) is 0 Å². The lowest BCUT2D eigenvalue weighted by Gasteiger charge is -2.06. The van der Waals surface area contributed by atoms with Gasteiger partial charge < -0.3 is 15.4 Å². The van der Waals surface area contributed by atoms with E-state index in [1.165, 1.54) is 11.3 Å². The second kappa shape index (κ2) is 9.66. The summed E-state index contributed by atoms with van der Waals surface area (Å²) in [7, 11) is 0. The second-order valence-electron chi connectivity index (χ2n) is 6.04. The largest absolute Gasteiger partial charge is 0.494 e. The zero-order valence-corrected chi connectivity index (χ0v) is 16.3. The predicted octanol–water partition coefficient (Wildman–Crippen LogP) is 3.90. The predicted molar refractivity (Wildman–Crippen MR) is 111 cm³/mol. The number of amides is 2. The average Bonchev–Trinajstić information content (AvgIpc) is 3.10. The van der Waals surface area contributed by atoms with E-state index >= 15 is 0 Å². The van der Waals surface area contributed by atoms with Crippen LogP contribution in [-0.2, 0) is 22.4 Å². The van der Waals surface area contributed by atoms with Gasteiger partial charge in [0, 0.05) is 11.1 Å². The van der Waals surface area contributed by atoms with Crippen molar-refractivity contribution >= 4 is 34.0 Å². The Morgan fingerprint density at radius 2 is 1.68 bits per heavy atom. The molecular formula is C21H21N3O3S. The number of thiazole rings is 1. The molecule has 2 N–H and O–H groups in total. The molecule has 0 spiro atoms. The number of carbonyl (C=O) groups excluding carboxylic acids is 2. The number of rotatable bonds is 8. The Hall–Kier alpha value is -3.19. The van der Waals surface area contributed by atoms with Crippen LogP contribution in [0.1, 0.15) is 18.2 Å². The van der Waals surface area contributed by atoms with Crippen LogP contribution in [0.4, 0.5) is 10.8 Å². The van der Waals surface area contributed by atoms with Gasteiger partial charge in [0.25, 0.3) is 0 Å². The van der Waals surface area contributed by atoms with Gasteiger partial charge in [0.15, 0.2) is 5.13 Å². The Morgan fingerprint density at radius 3 is 2.39 bits per heavy atom. The molecule has 2 aromatic carbocycles. The van der Waals surface area contributed by atoms with E-state index in [0.717, 1.165) is 11.3 Å². The zero-order valence-electron chi connectivity index (χ0n) is 15.5. The van der Waals surface area contributed by atoms with E-state index in [9.17, 15) is 9.59 Å². The van der Waals surface area contributed by atoms with Crippen LogP contribution in [0.5, 0.6) is 5.75 Å². The van der Waals surface area contributed by atoms with E-state index in [1.807, 2.05) is 49.4 Å². The van der Waals surface area contributed by atoms with Gasteiger partial charge in [-0.3, -0.25) is 9.59 Å². The maximum atomic E-state index is 12.2. The first kappa shape index (κ1) is 19.6. The van der Waals surface area contributed by atoms with Crippen molar-refractivity contribution in [1.29, 1.82) is 0 Å². The van der Waals surface area contributed by atoms with E-state index in [1.54, 1.807) is 17.5 Å². The number of hydrogen-bond acceptors (Lipinski definition) is 5. The third-order valence-corrected chi connectivity index (χ3v) is 4.60. The fraction of sp³-hybridized carbons (Fsp3) is 0.190. The van der Waals surface area contributed by atoms with Gasteiger partial charge in [0.2, 0.25) is 11.8 Å². The van der Waals surface area contributed by atoms with E-state index < -0.39 is 0 Å². The van der Waals surface area contributed by atoms with Crippen LogP contribution in [0.15, 0.2) is 60.0 Å². The summed E-state index contributed by atoms with van der Waals surface area (Å²) in [5.41, 5.74) is 2.25. The highest BCUT2D eigenvalue weighted by Gasteiger charge is 2.11. The SMILES string of the molecule is CCOc1ccc(NC(=O)Cc2csc(NC(=O)Cc3ccccc3)n2)cc1. The smallest absolute Gasteiger partial charge is 0.230 e. The molecule has 1 aromatic heterocycles. The van der Waals surface area contributed by atoms with Crippen LogP contribution < -0.4 is 15.4 Å². The summed E-state index contributed by atoms with van der Waals surface area (Å²) < 4.78 is 5.38. The highest BCUT2D eigenvalue weighted by molar-refractivity contribution is 7.13. The summed E-state index contributed by atoms with van der Waals surface area (Å²) >= 11 is 1.30. The molecule has 28 heavy (non-hydrogen) atoms. The molecule has 0 atom stereocenters. The van der Waals surface area contributed by atoms with Crippen molar-refractivity contribution in [1.82, 2.24) is 4.98 Å².